The predicted molar refractivity (Wildman–Crippen MR) is 76.6 cm³/mol. The van der Waals surface area contributed by atoms with E-state index in [1.165, 1.54) is 12.1 Å². The zero-order valence-corrected chi connectivity index (χ0v) is 11.0. The fourth-order valence-corrected chi connectivity index (χ4v) is 1.84. The van der Waals surface area contributed by atoms with Gasteiger partial charge >= 0.3 is 5.97 Å². The summed E-state index contributed by atoms with van der Waals surface area (Å²) in [5, 5.41) is 8.95. The maximum absolute atomic E-state index is 13.5. The minimum atomic E-state index is -1.16. The van der Waals surface area contributed by atoms with Crippen molar-refractivity contribution in [2.24, 2.45) is 0 Å². The first-order valence-electron chi connectivity index (χ1n) is 6.13. The standard InChI is InChI=1S/C15H13FN2O3/c16-12-8-10(6-7-13(12)17)15(21)18(9-14(19)20)11-4-2-1-3-5-11/h1-8H,9,17H2,(H,19,20). The molecule has 0 aliphatic heterocycles. The number of nitrogens with two attached hydrogens (primary N) is 1. The van der Waals surface area contributed by atoms with Crippen molar-refractivity contribution in [2.75, 3.05) is 17.2 Å². The number of anilines is 2. The van der Waals surface area contributed by atoms with Gasteiger partial charge in [-0.25, -0.2) is 4.39 Å². The zero-order chi connectivity index (χ0) is 15.4. The Morgan fingerprint density at radius 1 is 1.14 bits per heavy atom. The van der Waals surface area contributed by atoms with Crippen LogP contribution in [0.3, 0.4) is 0 Å². The van der Waals surface area contributed by atoms with Crippen molar-refractivity contribution in [2.45, 2.75) is 0 Å². The van der Waals surface area contributed by atoms with E-state index in [0.29, 0.717) is 5.69 Å². The van der Waals surface area contributed by atoms with Gasteiger partial charge in [0.05, 0.1) is 5.69 Å². The molecule has 2 aromatic carbocycles. The maximum atomic E-state index is 13.5. The van der Waals surface area contributed by atoms with Gasteiger partial charge < -0.3 is 10.8 Å². The van der Waals surface area contributed by atoms with Crippen molar-refractivity contribution >= 4 is 23.3 Å². The highest BCUT2D eigenvalue weighted by Gasteiger charge is 2.21. The third kappa shape index (κ3) is 3.36. The van der Waals surface area contributed by atoms with E-state index in [-0.39, 0.29) is 11.3 Å². The number of hydrogen-bond acceptors (Lipinski definition) is 3. The predicted octanol–water partition coefficient (Wildman–Crippen LogP) is 2.14. The van der Waals surface area contributed by atoms with E-state index in [9.17, 15) is 14.0 Å². The Bertz CT molecular complexity index is 674. The summed E-state index contributed by atoms with van der Waals surface area (Å²) in [5.74, 6) is -2.49. The highest BCUT2D eigenvalue weighted by atomic mass is 19.1. The quantitative estimate of drug-likeness (QED) is 0.844. The number of nitrogens with zero attached hydrogens (tertiary/aromatic N) is 1. The number of rotatable bonds is 4. The Morgan fingerprint density at radius 2 is 1.81 bits per heavy atom. The van der Waals surface area contributed by atoms with E-state index in [1.807, 2.05) is 0 Å². The average molecular weight is 288 g/mol. The smallest absolute Gasteiger partial charge is 0.323 e. The molecule has 0 aliphatic carbocycles. The van der Waals surface area contributed by atoms with Gasteiger partial charge in [0.15, 0.2) is 0 Å². The van der Waals surface area contributed by atoms with Gasteiger partial charge in [-0.3, -0.25) is 14.5 Å². The van der Waals surface area contributed by atoms with Crippen LogP contribution in [0.1, 0.15) is 10.4 Å². The topological polar surface area (TPSA) is 83.6 Å². The van der Waals surface area contributed by atoms with Crippen LogP contribution in [0.15, 0.2) is 48.5 Å². The summed E-state index contributed by atoms with van der Waals surface area (Å²) < 4.78 is 13.5. The van der Waals surface area contributed by atoms with Gasteiger partial charge in [0, 0.05) is 11.3 Å². The molecule has 2 aromatic rings. The molecule has 21 heavy (non-hydrogen) atoms. The molecule has 0 aromatic heterocycles. The number of nitrogen functional groups attached to an aromatic ring is 1. The van der Waals surface area contributed by atoms with Crippen LogP contribution in [0, 0.1) is 5.82 Å². The molecule has 3 N–H and O–H groups in total. The number of hydrogen-bond donors (Lipinski definition) is 2. The van der Waals surface area contributed by atoms with E-state index in [2.05, 4.69) is 0 Å². The van der Waals surface area contributed by atoms with Crippen molar-refractivity contribution in [1.29, 1.82) is 0 Å². The summed E-state index contributed by atoms with van der Waals surface area (Å²) >= 11 is 0. The molecular weight excluding hydrogens is 275 g/mol. The SMILES string of the molecule is Nc1ccc(C(=O)N(CC(=O)O)c2ccccc2)cc1F. The molecule has 0 unspecified atom stereocenters. The summed E-state index contributed by atoms with van der Waals surface area (Å²) in [7, 11) is 0. The number of carboxylic acid groups (broad SMARTS) is 1. The lowest BCUT2D eigenvalue weighted by atomic mass is 10.1. The molecule has 2 rings (SSSR count). The highest BCUT2D eigenvalue weighted by Crippen LogP contribution is 2.19. The first kappa shape index (κ1) is 14.5. The normalized spacial score (nSPS) is 10.1. The van der Waals surface area contributed by atoms with E-state index in [4.69, 9.17) is 10.8 Å². The first-order chi connectivity index (χ1) is 9.99. The monoisotopic (exact) mass is 288 g/mol. The number of carboxylic acids is 1. The Kier molecular flexibility index (Phi) is 4.18. The second-order valence-electron chi connectivity index (χ2n) is 4.36. The van der Waals surface area contributed by atoms with Crippen LogP contribution in [0.2, 0.25) is 0 Å². The molecule has 0 radical (unpaired) electrons. The molecule has 1 amide bonds. The van der Waals surface area contributed by atoms with Gasteiger partial charge in [0.25, 0.3) is 5.91 Å². The Labute approximate surface area is 120 Å². The number of halogens is 1. The third-order valence-corrected chi connectivity index (χ3v) is 2.85. The van der Waals surface area contributed by atoms with Gasteiger partial charge in [-0.05, 0) is 30.3 Å². The number of carbonyl (C=O) groups excluding carboxylic acids is 1. The largest absolute Gasteiger partial charge is 0.480 e. The van der Waals surface area contributed by atoms with Crippen LogP contribution in [0.4, 0.5) is 15.8 Å². The van der Waals surface area contributed by atoms with Crippen molar-refractivity contribution in [3.05, 3.63) is 59.9 Å². The van der Waals surface area contributed by atoms with E-state index < -0.39 is 24.2 Å². The molecule has 0 saturated heterocycles. The molecule has 108 valence electrons. The molecule has 0 atom stereocenters. The molecule has 0 spiro atoms. The third-order valence-electron chi connectivity index (χ3n) is 2.85. The van der Waals surface area contributed by atoms with Crippen molar-refractivity contribution < 1.29 is 19.1 Å². The van der Waals surface area contributed by atoms with E-state index >= 15 is 0 Å². The van der Waals surface area contributed by atoms with E-state index in [0.717, 1.165) is 11.0 Å². The first-order valence-corrected chi connectivity index (χ1v) is 6.13. The van der Waals surface area contributed by atoms with Crippen LogP contribution >= 0.6 is 0 Å². The number of carbonyl (C=O) groups is 2. The minimum absolute atomic E-state index is 0.0341. The molecule has 0 saturated carbocycles. The van der Waals surface area contributed by atoms with Crippen LogP contribution in [0.25, 0.3) is 0 Å². The highest BCUT2D eigenvalue weighted by molar-refractivity contribution is 6.08. The minimum Gasteiger partial charge on any atom is -0.480 e. The summed E-state index contributed by atoms with van der Waals surface area (Å²) in [4.78, 5) is 24.4. The average Bonchev–Trinajstić information content (AvgIpc) is 2.47. The lowest BCUT2D eigenvalue weighted by molar-refractivity contribution is -0.135. The summed E-state index contributed by atoms with van der Waals surface area (Å²) in [6.07, 6.45) is 0. The number of para-hydroxylation sites is 1. The Hall–Kier alpha value is -2.89. The molecular formula is C15H13FN2O3. The number of aliphatic carboxylic acids is 1. The summed E-state index contributed by atoms with van der Waals surface area (Å²) in [5.41, 5.74) is 5.74. The van der Waals surface area contributed by atoms with Gasteiger partial charge in [-0.15, -0.1) is 0 Å². The lowest BCUT2D eigenvalue weighted by Gasteiger charge is -2.21. The molecule has 5 nitrogen and oxygen atoms in total. The van der Waals surface area contributed by atoms with Crippen LogP contribution in [-0.2, 0) is 4.79 Å². The van der Waals surface area contributed by atoms with Crippen molar-refractivity contribution in [1.82, 2.24) is 0 Å². The molecule has 6 heteroatoms. The van der Waals surface area contributed by atoms with Crippen LogP contribution < -0.4 is 10.6 Å². The summed E-state index contributed by atoms with van der Waals surface area (Å²) in [6.45, 7) is -0.519. The van der Waals surface area contributed by atoms with Gasteiger partial charge in [0.2, 0.25) is 0 Å². The van der Waals surface area contributed by atoms with Crippen molar-refractivity contribution in [3.8, 4) is 0 Å². The van der Waals surface area contributed by atoms with Crippen LogP contribution in [0.5, 0.6) is 0 Å². The Balaban J connectivity index is 2.38. The fraction of sp³-hybridized carbons (Fsp3) is 0.0667. The Morgan fingerprint density at radius 3 is 2.38 bits per heavy atom. The number of benzene rings is 2. The van der Waals surface area contributed by atoms with Gasteiger partial charge in [0.1, 0.15) is 12.4 Å². The molecule has 0 aliphatic rings. The van der Waals surface area contributed by atoms with Gasteiger partial charge in [-0.2, -0.15) is 0 Å². The van der Waals surface area contributed by atoms with Crippen molar-refractivity contribution in [3.63, 3.8) is 0 Å². The second kappa shape index (κ2) is 6.04. The fourth-order valence-electron chi connectivity index (χ4n) is 1.84. The zero-order valence-electron chi connectivity index (χ0n) is 11.0. The second-order valence-corrected chi connectivity index (χ2v) is 4.36. The maximum Gasteiger partial charge on any atom is 0.323 e. The molecule has 0 heterocycles. The number of amides is 1. The van der Waals surface area contributed by atoms with Gasteiger partial charge in [-0.1, -0.05) is 18.2 Å². The molecule has 0 bridgehead atoms. The van der Waals surface area contributed by atoms with E-state index in [1.54, 1.807) is 30.3 Å². The lowest BCUT2D eigenvalue weighted by Crippen LogP contribution is -2.35. The molecule has 0 fully saturated rings. The summed E-state index contributed by atoms with van der Waals surface area (Å²) in [6, 6.07) is 11.9. The van der Waals surface area contributed by atoms with Crippen LogP contribution in [-0.4, -0.2) is 23.5 Å².